The number of hydrogen-bond donors (Lipinski definition) is 0. The lowest BCUT2D eigenvalue weighted by Gasteiger charge is -2.51. The minimum atomic E-state index is -0.620. The third kappa shape index (κ3) is 5.98. The number of carbonyl (C=O) groups is 1. The average molecular weight is 684 g/mol. The van der Waals surface area contributed by atoms with Crippen molar-refractivity contribution in [2.75, 3.05) is 19.1 Å². The molecule has 4 heteroatoms. The third-order valence-corrected chi connectivity index (χ3v) is 10.7. The van der Waals surface area contributed by atoms with Crippen LogP contribution >= 0.6 is 0 Å². The van der Waals surface area contributed by atoms with E-state index >= 15 is 0 Å². The van der Waals surface area contributed by atoms with Crippen LogP contribution in [0.4, 0.5) is 5.69 Å². The molecule has 1 atom stereocenters. The molecular formula is C48H45NO3. The van der Waals surface area contributed by atoms with Gasteiger partial charge < -0.3 is 14.4 Å². The summed E-state index contributed by atoms with van der Waals surface area (Å²) in [5.74, 6) is 1.18. The molecule has 260 valence electrons. The molecule has 6 aromatic rings. The van der Waals surface area contributed by atoms with Gasteiger partial charge in [0.1, 0.15) is 0 Å². The summed E-state index contributed by atoms with van der Waals surface area (Å²) in [5, 5.41) is 0. The quantitative estimate of drug-likeness (QED) is 0.112. The van der Waals surface area contributed by atoms with Gasteiger partial charge in [-0.05, 0) is 83.5 Å². The molecule has 0 spiro atoms. The molecular weight excluding hydrogens is 639 g/mol. The van der Waals surface area contributed by atoms with E-state index < -0.39 is 16.4 Å². The molecule has 0 saturated heterocycles. The lowest BCUT2D eigenvalue weighted by atomic mass is 9.61. The molecule has 0 aliphatic carbocycles. The maximum absolute atomic E-state index is 14.5. The number of rotatable bonds is 9. The normalized spacial score (nSPS) is 16.7. The Labute approximate surface area is 308 Å². The predicted molar refractivity (Wildman–Crippen MR) is 212 cm³/mol. The number of benzene rings is 6. The van der Waals surface area contributed by atoms with Gasteiger partial charge in [0.05, 0.1) is 19.6 Å². The zero-order valence-corrected chi connectivity index (χ0v) is 30.5. The first-order valence-electron chi connectivity index (χ1n) is 17.8. The van der Waals surface area contributed by atoms with Crippen molar-refractivity contribution in [3.05, 3.63) is 203 Å². The highest BCUT2D eigenvalue weighted by atomic mass is 16.5. The van der Waals surface area contributed by atoms with E-state index in [4.69, 9.17) is 9.47 Å². The summed E-state index contributed by atoms with van der Waals surface area (Å²) in [6.45, 7) is 6.69. The molecule has 0 aromatic heterocycles. The maximum atomic E-state index is 14.5. The van der Waals surface area contributed by atoms with Crippen molar-refractivity contribution in [2.45, 2.75) is 43.6 Å². The Bertz CT molecular complexity index is 2100. The van der Waals surface area contributed by atoms with Crippen LogP contribution in [0.25, 0.3) is 6.08 Å². The van der Waals surface area contributed by atoms with E-state index in [1.807, 2.05) is 29.2 Å². The van der Waals surface area contributed by atoms with Crippen LogP contribution < -0.4 is 14.4 Å². The molecule has 1 aliphatic rings. The summed E-state index contributed by atoms with van der Waals surface area (Å²) in [5.41, 5.74) is 7.26. The van der Waals surface area contributed by atoms with Crippen molar-refractivity contribution in [3.8, 4) is 11.5 Å². The molecule has 1 unspecified atom stereocenters. The zero-order chi connectivity index (χ0) is 36.3. The molecule has 0 N–H and O–H groups in total. The van der Waals surface area contributed by atoms with Crippen molar-refractivity contribution < 1.29 is 14.3 Å². The van der Waals surface area contributed by atoms with E-state index in [-0.39, 0.29) is 5.91 Å². The second kappa shape index (κ2) is 14.0. The first kappa shape index (κ1) is 34.6. The van der Waals surface area contributed by atoms with Gasteiger partial charge in [-0.25, -0.2) is 0 Å². The van der Waals surface area contributed by atoms with Crippen LogP contribution in [0.2, 0.25) is 0 Å². The Hall–Kier alpha value is -5.87. The monoisotopic (exact) mass is 683 g/mol. The van der Waals surface area contributed by atoms with Crippen LogP contribution in [0.5, 0.6) is 11.5 Å². The lowest BCUT2D eigenvalue weighted by Crippen LogP contribution is -2.55. The Morgan fingerprint density at radius 1 is 0.615 bits per heavy atom. The van der Waals surface area contributed by atoms with Crippen LogP contribution in [0.15, 0.2) is 164 Å². The molecule has 0 radical (unpaired) electrons. The Kier molecular flexibility index (Phi) is 9.33. The van der Waals surface area contributed by atoms with E-state index in [0.717, 1.165) is 28.8 Å². The van der Waals surface area contributed by atoms with Gasteiger partial charge in [0, 0.05) is 22.7 Å². The van der Waals surface area contributed by atoms with Crippen molar-refractivity contribution >= 4 is 17.7 Å². The molecule has 0 bridgehead atoms. The van der Waals surface area contributed by atoms with Gasteiger partial charge in [-0.1, -0.05) is 146 Å². The first-order chi connectivity index (χ1) is 25.2. The van der Waals surface area contributed by atoms with Gasteiger partial charge >= 0.3 is 0 Å². The summed E-state index contributed by atoms with van der Waals surface area (Å²) in [7, 11) is 3.23. The number of amides is 1. The van der Waals surface area contributed by atoms with Crippen molar-refractivity contribution in [1.82, 2.24) is 0 Å². The molecule has 7 rings (SSSR count). The van der Waals surface area contributed by atoms with E-state index in [1.54, 1.807) is 20.3 Å². The number of ether oxygens (including phenoxy) is 2. The Balaban J connectivity index is 1.46. The minimum Gasteiger partial charge on any atom is -0.493 e. The molecule has 0 fully saturated rings. The van der Waals surface area contributed by atoms with Crippen LogP contribution in [0, 0.1) is 0 Å². The number of fused-ring (bicyclic) bond motifs is 1. The summed E-state index contributed by atoms with van der Waals surface area (Å²) in [4.78, 5) is 16.5. The SMILES string of the molecule is COc1ccc(/C=C/C(=O)N2c3ccc(C(c4ccccc4)(c4ccccc4)c4ccccc4)cc3C(C)(c3ccccc3)CC2(C)C)cc1OC. The van der Waals surface area contributed by atoms with E-state index in [1.165, 1.54) is 22.3 Å². The molecule has 52 heavy (non-hydrogen) atoms. The Morgan fingerprint density at radius 3 is 1.65 bits per heavy atom. The highest BCUT2D eigenvalue weighted by Crippen LogP contribution is 2.53. The topological polar surface area (TPSA) is 38.8 Å². The zero-order valence-electron chi connectivity index (χ0n) is 30.5. The number of nitrogens with zero attached hydrogens (tertiary/aromatic N) is 1. The second-order valence-corrected chi connectivity index (χ2v) is 14.4. The second-order valence-electron chi connectivity index (χ2n) is 14.4. The minimum absolute atomic E-state index is 0.0793. The number of methoxy groups -OCH3 is 2. The van der Waals surface area contributed by atoms with Crippen LogP contribution in [0.1, 0.15) is 66.1 Å². The van der Waals surface area contributed by atoms with Gasteiger partial charge in [-0.15, -0.1) is 0 Å². The molecule has 0 saturated carbocycles. The van der Waals surface area contributed by atoms with Gasteiger partial charge in [0.2, 0.25) is 0 Å². The maximum Gasteiger partial charge on any atom is 0.251 e. The van der Waals surface area contributed by atoms with Gasteiger partial charge in [0.15, 0.2) is 11.5 Å². The van der Waals surface area contributed by atoms with Gasteiger partial charge in [-0.2, -0.15) is 0 Å². The molecule has 6 aromatic carbocycles. The smallest absolute Gasteiger partial charge is 0.251 e. The van der Waals surface area contributed by atoms with Crippen molar-refractivity contribution in [3.63, 3.8) is 0 Å². The number of carbonyl (C=O) groups excluding carboxylic acids is 1. The highest BCUT2D eigenvalue weighted by molar-refractivity contribution is 6.06. The van der Waals surface area contributed by atoms with Gasteiger partial charge in [-0.3, -0.25) is 4.79 Å². The molecule has 1 heterocycles. The fourth-order valence-corrected chi connectivity index (χ4v) is 8.52. The number of hydrogen-bond acceptors (Lipinski definition) is 3. The molecule has 1 aliphatic heterocycles. The van der Waals surface area contributed by atoms with E-state index in [9.17, 15) is 4.79 Å². The highest BCUT2D eigenvalue weighted by Gasteiger charge is 2.49. The van der Waals surface area contributed by atoms with E-state index in [0.29, 0.717) is 11.5 Å². The predicted octanol–water partition coefficient (Wildman–Crippen LogP) is 10.6. The fourth-order valence-electron chi connectivity index (χ4n) is 8.52. The van der Waals surface area contributed by atoms with Crippen LogP contribution in [-0.2, 0) is 15.6 Å². The third-order valence-electron chi connectivity index (χ3n) is 10.7. The summed E-state index contributed by atoms with van der Waals surface area (Å²) >= 11 is 0. The van der Waals surface area contributed by atoms with E-state index in [2.05, 4.69) is 160 Å². The fraction of sp³-hybridized carbons (Fsp3) is 0.188. The lowest BCUT2D eigenvalue weighted by molar-refractivity contribution is -0.115. The van der Waals surface area contributed by atoms with Crippen LogP contribution in [-0.4, -0.2) is 25.7 Å². The van der Waals surface area contributed by atoms with Gasteiger partial charge in [0.25, 0.3) is 5.91 Å². The largest absolute Gasteiger partial charge is 0.493 e. The average Bonchev–Trinajstić information content (AvgIpc) is 3.18. The summed E-state index contributed by atoms with van der Waals surface area (Å²) < 4.78 is 11.0. The Morgan fingerprint density at radius 2 is 1.13 bits per heavy atom. The summed E-state index contributed by atoms with van der Waals surface area (Å²) in [6.07, 6.45) is 4.25. The molecule has 4 nitrogen and oxygen atoms in total. The van der Waals surface area contributed by atoms with Crippen molar-refractivity contribution in [1.29, 1.82) is 0 Å². The van der Waals surface area contributed by atoms with Crippen molar-refractivity contribution in [2.24, 2.45) is 0 Å². The molecule has 1 amide bonds. The number of anilines is 1. The first-order valence-corrected chi connectivity index (χ1v) is 17.8. The standard InChI is InChI=1S/C48H45NO3/c1-46(2)34-47(3,36-18-10-6-11-19-36)41-33-40(28-29-42(41)49(46)45(50)31-27-35-26-30-43(51-4)44(32-35)52-5)48(37-20-12-7-13-21-37,38-22-14-8-15-23-38)39-24-16-9-17-25-39/h6-33H,34H2,1-5H3/b31-27+. The summed E-state index contributed by atoms with van der Waals surface area (Å²) in [6, 6.07) is 55.5. The van der Waals surface area contributed by atoms with Crippen LogP contribution in [0.3, 0.4) is 0 Å².